The van der Waals surface area contributed by atoms with Gasteiger partial charge in [-0.05, 0) is 59.8 Å². The van der Waals surface area contributed by atoms with Gasteiger partial charge in [-0.1, -0.05) is 12.8 Å². The molecule has 0 aliphatic heterocycles. The van der Waals surface area contributed by atoms with Crippen LogP contribution in [0.3, 0.4) is 0 Å². The van der Waals surface area contributed by atoms with Crippen LogP contribution in [0.4, 0.5) is 0 Å². The molecule has 0 N–H and O–H groups in total. The fraction of sp³-hybridized carbons (Fsp3) is 0.500. The summed E-state index contributed by atoms with van der Waals surface area (Å²) in [7, 11) is 0. The van der Waals surface area contributed by atoms with E-state index in [0.29, 0.717) is 11.7 Å². The van der Waals surface area contributed by atoms with Gasteiger partial charge in [-0.15, -0.1) is 0 Å². The second kappa shape index (κ2) is 6.07. The van der Waals surface area contributed by atoms with E-state index in [-0.39, 0.29) is 0 Å². The van der Waals surface area contributed by atoms with Crippen molar-refractivity contribution >= 4 is 15.9 Å². The van der Waals surface area contributed by atoms with E-state index in [2.05, 4.69) is 22.0 Å². The third kappa shape index (κ3) is 3.47. The first kappa shape index (κ1) is 12.4. The molecule has 1 saturated carbocycles. The molecule has 0 radical (unpaired) electrons. The van der Waals surface area contributed by atoms with Crippen molar-refractivity contribution in [2.75, 3.05) is 0 Å². The lowest BCUT2D eigenvalue weighted by atomic mass is 10.1. The van der Waals surface area contributed by atoms with E-state index < -0.39 is 0 Å². The van der Waals surface area contributed by atoms with E-state index in [1.165, 1.54) is 25.7 Å². The summed E-state index contributed by atoms with van der Waals surface area (Å²) in [6.07, 6.45) is 7.81. The average molecular weight is 294 g/mol. The topological polar surface area (TPSA) is 33.0 Å². The van der Waals surface area contributed by atoms with Crippen LogP contribution in [0.25, 0.3) is 0 Å². The van der Waals surface area contributed by atoms with E-state index in [9.17, 15) is 0 Å². The zero-order chi connectivity index (χ0) is 12.1. The lowest BCUT2D eigenvalue weighted by molar-refractivity contribution is 0.182. The van der Waals surface area contributed by atoms with Crippen molar-refractivity contribution < 1.29 is 4.74 Å². The Hall–Kier alpha value is -1.01. The Morgan fingerprint density at radius 3 is 2.47 bits per heavy atom. The van der Waals surface area contributed by atoms with Gasteiger partial charge in [0.15, 0.2) is 0 Å². The molecule has 1 aliphatic carbocycles. The average Bonchev–Trinajstić information content (AvgIpc) is 2.60. The summed E-state index contributed by atoms with van der Waals surface area (Å²) >= 11 is 3.46. The van der Waals surface area contributed by atoms with Crippen LogP contribution in [-0.2, 0) is 0 Å². The first-order chi connectivity index (χ1) is 8.29. The molecule has 0 amide bonds. The summed E-state index contributed by atoms with van der Waals surface area (Å²) in [5.74, 6) is 0.857. The summed E-state index contributed by atoms with van der Waals surface area (Å²) in [5.41, 5.74) is 0.657. The van der Waals surface area contributed by atoms with E-state index in [1.807, 2.05) is 12.1 Å². The van der Waals surface area contributed by atoms with E-state index in [0.717, 1.165) is 23.1 Å². The highest BCUT2D eigenvalue weighted by molar-refractivity contribution is 9.10. The second-order valence-electron chi connectivity index (χ2n) is 4.49. The fourth-order valence-electron chi connectivity index (χ4n) is 2.21. The largest absolute Gasteiger partial charge is 0.489 e. The van der Waals surface area contributed by atoms with Crippen molar-refractivity contribution in [1.82, 2.24) is 0 Å². The maximum atomic E-state index is 8.80. The minimum Gasteiger partial charge on any atom is -0.489 e. The minimum absolute atomic E-state index is 0.335. The Morgan fingerprint density at radius 2 is 1.88 bits per heavy atom. The van der Waals surface area contributed by atoms with Crippen LogP contribution < -0.4 is 4.74 Å². The number of hydrogen-bond acceptors (Lipinski definition) is 2. The van der Waals surface area contributed by atoms with Crippen LogP contribution in [0.2, 0.25) is 0 Å². The highest BCUT2D eigenvalue weighted by atomic mass is 79.9. The number of benzene rings is 1. The molecule has 1 aliphatic rings. The zero-order valence-corrected chi connectivity index (χ0v) is 11.4. The van der Waals surface area contributed by atoms with Gasteiger partial charge in [-0.2, -0.15) is 5.26 Å². The number of nitrogens with zero attached hydrogens (tertiary/aromatic N) is 1. The van der Waals surface area contributed by atoms with Crippen LogP contribution in [0.5, 0.6) is 5.75 Å². The smallest absolute Gasteiger partial charge is 0.133 e. The first-order valence-electron chi connectivity index (χ1n) is 6.16. The van der Waals surface area contributed by atoms with Crippen LogP contribution in [0.1, 0.15) is 44.1 Å². The summed E-state index contributed by atoms with van der Waals surface area (Å²) in [5, 5.41) is 8.80. The van der Waals surface area contributed by atoms with Crippen molar-refractivity contribution in [3.63, 3.8) is 0 Å². The molecule has 0 atom stereocenters. The number of hydrogen-bond donors (Lipinski definition) is 0. The third-order valence-corrected chi connectivity index (χ3v) is 3.78. The number of rotatable bonds is 2. The normalized spacial score (nSPS) is 17.2. The SMILES string of the molecule is N#Cc1ccc(OC2CCCCCC2)c(Br)c1. The van der Waals surface area contributed by atoms with E-state index in [4.69, 9.17) is 10.00 Å². The molecule has 0 bridgehead atoms. The first-order valence-corrected chi connectivity index (χ1v) is 6.95. The molecular weight excluding hydrogens is 278 g/mol. The highest BCUT2D eigenvalue weighted by Gasteiger charge is 2.15. The molecule has 1 aromatic rings. The molecular formula is C14H16BrNO. The molecule has 0 spiro atoms. The molecule has 17 heavy (non-hydrogen) atoms. The number of halogens is 1. The third-order valence-electron chi connectivity index (χ3n) is 3.16. The second-order valence-corrected chi connectivity index (χ2v) is 5.34. The van der Waals surface area contributed by atoms with Crippen LogP contribution in [0, 0.1) is 11.3 Å². The quantitative estimate of drug-likeness (QED) is 0.756. The van der Waals surface area contributed by atoms with E-state index in [1.54, 1.807) is 6.07 Å². The molecule has 3 heteroatoms. The Morgan fingerprint density at radius 1 is 1.18 bits per heavy atom. The molecule has 0 aromatic heterocycles. The maximum absolute atomic E-state index is 8.80. The Labute approximate surface area is 111 Å². The number of ether oxygens (including phenoxy) is 1. The van der Waals surface area contributed by atoms with Crippen molar-refractivity contribution in [3.8, 4) is 11.8 Å². The highest BCUT2D eigenvalue weighted by Crippen LogP contribution is 2.29. The van der Waals surface area contributed by atoms with Gasteiger partial charge in [-0.3, -0.25) is 0 Å². The number of nitriles is 1. The molecule has 2 nitrogen and oxygen atoms in total. The van der Waals surface area contributed by atoms with Crippen molar-refractivity contribution in [1.29, 1.82) is 5.26 Å². The van der Waals surface area contributed by atoms with Crippen molar-refractivity contribution in [2.24, 2.45) is 0 Å². The molecule has 0 saturated heterocycles. The van der Waals surface area contributed by atoms with Gasteiger partial charge in [0.1, 0.15) is 5.75 Å². The van der Waals surface area contributed by atoms with Gasteiger partial charge in [-0.25, -0.2) is 0 Å². The van der Waals surface area contributed by atoms with Gasteiger partial charge in [0.2, 0.25) is 0 Å². The standard InChI is InChI=1S/C14H16BrNO/c15-13-9-11(10-16)7-8-14(13)17-12-5-3-1-2-4-6-12/h7-9,12H,1-6H2. The van der Waals surface area contributed by atoms with Gasteiger partial charge in [0.25, 0.3) is 0 Å². The van der Waals surface area contributed by atoms with Gasteiger partial charge >= 0.3 is 0 Å². The predicted molar refractivity (Wildman–Crippen MR) is 71.0 cm³/mol. The van der Waals surface area contributed by atoms with Gasteiger partial charge < -0.3 is 4.74 Å². The lowest BCUT2D eigenvalue weighted by Gasteiger charge is -2.18. The van der Waals surface area contributed by atoms with Crippen LogP contribution >= 0.6 is 15.9 Å². The van der Waals surface area contributed by atoms with Crippen molar-refractivity contribution in [2.45, 2.75) is 44.6 Å². The van der Waals surface area contributed by atoms with Crippen LogP contribution in [0.15, 0.2) is 22.7 Å². The van der Waals surface area contributed by atoms with Crippen molar-refractivity contribution in [3.05, 3.63) is 28.2 Å². The Kier molecular flexibility index (Phi) is 4.44. The molecule has 0 unspecified atom stereocenters. The monoisotopic (exact) mass is 293 g/mol. The molecule has 0 heterocycles. The zero-order valence-electron chi connectivity index (χ0n) is 9.79. The molecule has 2 rings (SSSR count). The van der Waals surface area contributed by atoms with Gasteiger partial charge in [0, 0.05) is 0 Å². The predicted octanol–water partition coefficient (Wildman–Crippen LogP) is 4.42. The minimum atomic E-state index is 0.335. The maximum Gasteiger partial charge on any atom is 0.133 e. The Bertz CT molecular complexity index is 417. The summed E-state index contributed by atoms with van der Waals surface area (Å²) < 4.78 is 6.89. The Balaban J connectivity index is 2.05. The van der Waals surface area contributed by atoms with E-state index >= 15 is 0 Å². The molecule has 90 valence electrons. The summed E-state index contributed by atoms with van der Waals surface area (Å²) in [6, 6.07) is 7.62. The lowest BCUT2D eigenvalue weighted by Crippen LogP contribution is -2.15. The summed E-state index contributed by atoms with van der Waals surface area (Å²) in [4.78, 5) is 0. The molecule has 1 aromatic carbocycles. The molecule has 1 fully saturated rings. The van der Waals surface area contributed by atoms with Crippen LogP contribution in [-0.4, -0.2) is 6.10 Å². The van der Waals surface area contributed by atoms with Gasteiger partial charge in [0.05, 0.1) is 22.2 Å². The summed E-state index contributed by atoms with van der Waals surface area (Å²) in [6.45, 7) is 0. The fourth-order valence-corrected chi connectivity index (χ4v) is 2.68.